The van der Waals surface area contributed by atoms with Crippen LogP contribution in [0.15, 0.2) is 115 Å². The SMILES string of the molecule is CCOc1ccc(S(=O)(=O)N(C(=O)c2ccncc2)c2ccc(OC(=O)c3ccncc3)c3ccccc23)cc1. The lowest BCUT2D eigenvalue weighted by atomic mass is 10.1. The summed E-state index contributed by atoms with van der Waals surface area (Å²) in [4.78, 5) is 34.3. The number of hydrogen-bond acceptors (Lipinski definition) is 8. The molecule has 0 saturated heterocycles. The molecule has 10 heteroatoms. The molecule has 40 heavy (non-hydrogen) atoms. The van der Waals surface area contributed by atoms with Gasteiger partial charge in [0.1, 0.15) is 11.5 Å². The number of fused-ring (bicyclic) bond motifs is 1. The molecule has 0 bridgehead atoms. The van der Waals surface area contributed by atoms with Crippen molar-refractivity contribution in [2.45, 2.75) is 11.8 Å². The molecule has 0 fully saturated rings. The van der Waals surface area contributed by atoms with Gasteiger partial charge >= 0.3 is 5.97 Å². The summed E-state index contributed by atoms with van der Waals surface area (Å²) in [5.41, 5.74) is 0.521. The number of aromatic nitrogens is 2. The van der Waals surface area contributed by atoms with Crippen LogP contribution in [0.4, 0.5) is 5.69 Å². The number of hydrogen-bond donors (Lipinski definition) is 0. The minimum Gasteiger partial charge on any atom is -0.494 e. The van der Waals surface area contributed by atoms with E-state index in [0.717, 1.165) is 4.31 Å². The summed E-state index contributed by atoms with van der Waals surface area (Å²) in [7, 11) is -4.41. The second-order valence-corrected chi connectivity index (χ2v) is 10.3. The first-order chi connectivity index (χ1) is 19.4. The maximum absolute atomic E-state index is 14.1. The Morgan fingerprint density at radius 3 is 1.98 bits per heavy atom. The first kappa shape index (κ1) is 26.5. The van der Waals surface area contributed by atoms with Gasteiger partial charge in [-0.25, -0.2) is 13.2 Å². The highest BCUT2D eigenvalue weighted by atomic mass is 32.2. The zero-order chi connectivity index (χ0) is 28.1. The summed E-state index contributed by atoms with van der Waals surface area (Å²) in [5.74, 6) is -0.676. The minimum atomic E-state index is -4.41. The summed E-state index contributed by atoms with van der Waals surface area (Å²) >= 11 is 0. The predicted molar refractivity (Wildman–Crippen MR) is 149 cm³/mol. The number of sulfonamides is 1. The number of carbonyl (C=O) groups excluding carboxylic acids is 2. The second kappa shape index (κ2) is 11.3. The van der Waals surface area contributed by atoms with Gasteiger partial charge in [-0.1, -0.05) is 24.3 Å². The van der Waals surface area contributed by atoms with Gasteiger partial charge < -0.3 is 9.47 Å². The Hall–Kier alpha value is -5.09. The Balaban J connectivity index is 1.65. The predicted octanol–water partition coefficient (Wildman–Crippen LogP) is 5.28. The zero-order valence-corrected chi connectivity index (χ0v) is 22.1. The number of esters is 1. The Labute approximate surface area is 230 Å². The fraction of sp³-hybridized carbons (Fsp3) is 0.0667. The van der Waals surface area contributed by atoms with E-state index in [2.05, 4.69) is 9.97 Å². The number of rotatable bonds is 8. The highest BCUT2D eigenvalue weighted by Gasteiger charge is 2.33. The Morgan fingerprint density at radius 2 is 1.35 bits per heavy atom. The molecule has 5 rings (SSSR count). The van der Waals surface area contributed by atoms with Crippen molar-refractivity contribution in [3.05, 3.63) is 121 Å². The highest BCUT2D eigenvalue weighted by molar-refractivity contribution is 7.93. The number of anilines is 1. The molecule has 9 nitrogen and oxygen atoms in total. The summed E-state index contributed by atoms with van der Waals surface area (Å²) in [6, 6.07) is 21.5. The first-order valence-electron chi connectivity index (χ1n) is 12.3. The van der Waals surface area contributed by atoms with Gasteiger partial charge in [0.15, 0.2) is 0 Å². The van der Waals surface area contributed by atoms with E-state index in [1.165, 1.54) is 85.5 Å². The molecule has 1 amide bonds. The zero-order valence-electron chi connectivity index (χ0n) is 21.3. The average Bonchev–Trinajstić information content (AvgIpc) is 2.99. The van der Waals surface area contributed by atoms with E-state index in [-0.39, 0.29) is 21.9 Å². The molecule has 3 aromatic carbocycles. The van der Waals surface area contributed by atoms with Crippen molar-refractivity contribution in [3.8, 4) is 11.5 Å². The molecule has 2 heterocycles. The van der Waals surface area contributed by atoms with Crippen molar-refractivity contribution in [2.24, 2.45) is 0 Å². The molecule has 0 N–H and O–H groups in total. The molecule has 0 unspecified atom stereocenters. The van der Waals surface area contributed by atoms with Gasteiger partial charge in [0.2, 0.25) is 0 Å². The van der Waals surface area contributed by atoms with Crippen LogP contribution >= 0.6 is 0 Å². The Morgan fingerprint density at radius 1 is 0.750 bits per heavy atom. The topological polar surface area (TPSA) is 116 Å². The average molecular weight is 554 g/mol. The van der Waals surface area contributed by atoms with Crippen molar-refractivity contribution in [2.75, 3.05) is 10.9 Å². The molecular weight excluding hydrogens is 530 g/mol. The van der Waals surface area contributed by atoms with Gasteiger partial charge in [-0.3, -0.25) is 14.8 Å². The third-order valence-corrected chi connectivity index (χ3v) is 7.69. The number of pyridine rings is 2. The number of carbonyl (C=O) groups is 2. The molecule has 0 aliphatic rings. The van der Waals surface area contributed by atoms with Crippen LogP contribution in [0.1, 0.15) is 27.6 Å². The largest absolute Gasteiger partial charge is 0.494 e. The third-order valence-electron chi connectivity index (χ3n) is 5.98. The first-order valence-corrected chi connectivity index (χ1v) is 13.7. The smallest absolute Gasteiger partial charge is 0.343 e. The summed E-state index contributed by atoms with van der Waals surface area (Å²) in [5, 5.41) is 0.830. The standard InChI is InChI=1S/C30H23N3O6S/c1-2-38-23-7-9-24(10-8-23)40(36,37)33(29(34)21-13-17-31-18-14-21)27-11-12-28(26-6-4-3-5-25(26)27)39-30(35)22-15-19-32-20-16-22/h3-20H,2H2,1H3. The molecule has 2 aromatic heterocycles. The summed E-state index contributed by atoms with van der Waals surface area (Å²) in [6.45, 7) is 2.24. The monoisotopic (exact) mass is 553 g/mol. The fourth-order valence-corrected chi connectivity index (χ4v) is 5.54. The molecule has 0 saturated carbocycles. The molecular formula is C30H23N3O6S. The lowest BCUT2D eigenvalue weighted by Crippen LogP contribution is -2.37. The van der Waals surface area contributed by atoms with Crippen molar-refractivity contribution < 1.29 is 27.5 Å². The van der Waals surface area contributed by atoms with Gasteiger partial charge in [-0.15, -0.1) is 0 Å². The van der Waals surface area contributed by atoms with E-state index in [1.807, 2.05) is 6.92 Å². The molecule has 0 aliphatic carbocycles. The van der Waals surface area contributed by atoms with Gasteiger partial charge in [0.05, 0.1) is 22.8 Å². The van der Waals surface area contributed by atoms with Crippen molar-refractivity contribution in [3.63, 3.8) is 0 Å². The van der Waals surface area contributed by atoms with Crippen LogP contribution in [0.5, 0.6) is 11.5 Å². The van der Waals surface area contributed by atoms with E-state index < -0.39 is 21.9 Å². The van der Waals surface area contributed by atoms with E-state index in [1.54, 1.807) is 24.3 Å². The summed E-state index contributed by atoms with van der Waals surface area (Å²) in [6.07, 6.45) is 5.78. The van der Waals surface area contributed by atoms with Crippen LogP contribution in [0, 0.1) is 0 Å². The number of amides is 1. The third kappa shape index (κ3) is 5.25. The van der Waals surface area contributed by atoms with Crippen molar-refractivity contribution in [1.29, 1.82) is 0 Å². The van der Waals surface area contributed by atoms with E-state index in [9.17, 15) is 18.0 Å². The highest BCUT2D eigenvalue weighted by Crippen LogP contribution is 2.37. The molecule has 0 atom stereocenters. The lowest BCUT2D eigenvalue weighted by Gasteiger charge is -2.25. The normalized spacial score (nSPS) is 11.1. The van der Waals surface area contributed by atoms with Crippen LogP contribution < -0.4 is 13.8 Å². The van der Waals surface area contributed by atoms with Gasteiger partial charge in [0, 0.05) is 41.1 Å². The molecule has 0 radical (unpaired) electrons. The van der Waals surface area contributed by atoms with Gasteiger partial charge in [-0.05, 0) is 67.6 Å². The molecule has 5 aromatic rings. The van der Waals surface area contributed by atoms with E-state index >= 15 is 0 Å². The van der Waals surface area contributed by atoms with Crippen molar-refractivity contribution >= 4 is 38.4 Å². The fourth-order valence-electron chi connectivity index (χ4n) is 4.11. The van der Waals surface area contributed by atoms with Crippen molar-refractivity contribution in [1.82, 2.24) is 9.97 Å². The maximum atomic E-state index is 14.1. The van der Waals surface area contributed by atoms with E-state index in [4.69, 9.17) is 9.47 Å². The number of nitrogens with zero attached hydrogens (tertiary/aromatic N) is 3. The van der Waals surface area contributed by atoms with Crippen LogP contribution in [-0.4, -0.2) is 36.9 Å². The minimum absolute atomic E-state index is 0.0926. The lowest BCUT2D eigenvalue weighted by molar-refractivity contribution is 0.0736. The quantitative estimate of drug-likeness (QED) is 0.188. The Bertz CT molecular complexity index is 1780. The van der Waals surface area contributed by atoms with E-state index in [0.29, 0.717) is 28.7 Å². The van der Waals surface area contributed by atoms with Gasteiger partial charge in [-0.2, -0.15) is 4.31 Å². The Kier molecular flexibility index (Phi) is 7.52. The van der Waals surface area contributed by atoms with Crippen LogP contribution in [0.3, 0.4) is 0 Å². The van der Waals surface area contributed by atoms with Gasteiger partial charge in [0.25, 0.3) is 15.9 Å². The second-order valence-electron chi connectivity index (χ2n) is 8.47. The number of ether oxygens (including phenoxy) is 2. The molecule has 200 valence electrons. The maximum Gasteiger partial charge on any atom is 0.343 e. The summed E-state index contributed by atoms with van der Waals surface area (Å²) < 4.78 is 40.0. The van der Waals surface area contributed by atoms with Crippen LogP contribution in [0.25, 0.3) is 10.8 Å². The van der Waals surface area contributed by atoms with Crippen LogP contribution in [0.2, 0.25) is 0 Å². The van der Waals surface area contributed by atoms with Crippen LogP contribution in [-0.2, 0) is 10.0 Å². The number of benzene rings is 3. The molecule has 0 aliphatic heterocycles. The molecule has 0 spiro atoms.